The fourth-order valence-electron chi connectivity index (χ4n) is 1.21. The van der Waals surface area contributed by atoms with Crippen molar-refractivity contribution in [1.82, 2.24) is 0 Å². The Morgan fingerprint density at radius 2 is 1.00 bits per heavy atom. The first-order valence-corrected chi connectivity index (χ1v) is 5.21. The lowest BCUT2D eigenvalue weighted by molar-refractivity contribution is -0.0413. The highest BCUT2D eigenvalue weighted by Gasteiger charge is 2.25. The molecule has 21 heavy (non-hydrogen) atoms. The van der Waals surface area contributed by atoms with Gasteiger partial charge in [0.25, 0.3) is 0 Å². The molecule has 0 aliphatic carbocycles. The highest BCUT2D eigenvalue weighted by molar-refractivity contribution is 5.59. The van der Waals surface area contributed by atoms with Gasteiger partial charge in [-0.1, -0.05) is 0 Å². The summed E-state index contributed by atoms with van der Waals surface area (Å²) in [6.07, 6.45) is -10.2. The molecule has 12 nitrogen and oxygen atoms in total. The average molecular weight is 312 g/mol. The highest BCUT2D eigenvalue weighted by atomic mass is 16.7. The van der Waals surface area contributed by atoms with Crippen LogP contribution in [-0.2, 0) is 18.9 Å². The number of ether oxygens (including phenoxy) is 4. The summed E-state index contributed by atoms with van der Waals surface area (Å²) in [6, 6.07) is 0. The molecule has 0 rings (SSSR count). The molecule has 0 aliphatic heterocycles. The van der Waals surface area contributed by atoms with Crippen LogP contribution in [0.4, 0.5) is 19.2 Å². The summed E-state index contributed by atoms with van der Waals surface area (Å²) in [6.45, 7) is -1.46. The molecule has 0 radical (unpaired) electrons. The summed E-state index contributed by atoms with van der Waals surface area (Å²) in [5.74, 6) is 0. The van der Waals surface area contributed by atoms with Crippen LogP contribution in [0.1, 0.15) is 6.42 Å². The first-order chi connectivity index (χ1) is 9.70. The van der Waals surface area contributed by atoms with Gasteiger partial charge in [-0.2, -0.15) is 0 Å². The van der Waals surface area contributed by atoms with Gasteiger partial charge in [-0.15, -0.1) is 0 Å². The third kappa shape index (κ3) is 10.7. The molecular weight excluding hydrogens is 300 g/mol. The Kier molecular flexibility index (Phi) is 7.80. The molecule has 0 bridgehead atoms. The minimum absolute atomic E-state index is 0.501. The lowest BCUT2D eigenvalue weighted by Gasteiger charge is -2.20. The van der Waals surface area contributed by atoms with Crippen molar-refractivity contribution in [2.45, 2.75) is 18.6 Å². The van der Waals surface area contributed by atoms with Gasteiger partial charge in [-0.25, -0.2) is 19.2 Å². The lowest BCUT2D eigenvalue weighted by Crippen LogP contribution is -2.33. The minimum atomic E-state index is -1.76. The summed E-state index contributed by atoms with van der Waals surface area (Å²) in [5, 5.41) is 33.5. The van der Waals surface area contributed by atoms with Crippen LogP contribution in [0.2, 0.25) is 0 Å². The molecule has 0 aromatic carbocycles. The second-order valence-corrected chi connectivity index (χ2v) is 3.40. The minimum Gasteiger partial charge on any atom is -0.450 e. The SMILES string of the molecule is O=C(O)OCC(CC(COC(=O)O)OC(=O)O)OC(=O)O. The molecule has 2 unspecified atom stereocenters. The first-order valence-electron chi connectivity index (χ1n) is 5.21. The Morgan fingerprint density at radius 3 is 1.24 bits per heavy atom. The zero-order valence-electron chi connectivity index (χ0n) is 10.3. The molecule has 0 saturated heterocycles. The molecule has 0 amide bonds. The average Bonchev–Trinajstić information content (AvgIpc) is 2.31. The molecule has 0 fully saturated rings. The van der Waals surface area contributed by atoms with Crippen LogP contribution in [0.5, 0.6) is 0 Å². The van der Waals surface area contributed by atoms with Crippen LogP contribution in [0.15, 0.2) is 0 Å². The Labute approximate surface area is 116 Å². The molecule has 0 aliphatic rings. The van der Waals surface area contributed by atoms with Gasteiger partial charge in [0.15, 0.2) is 0 Å². The maximum Gasteiger partial charge on any atom is 0.506 e. The van der Waals surface area contributed by atoms with Crippen molar-refractivity contribution in [2.24, 2.45) is 0 Å². The summed E-state index contributed by atoms with van der Waals surface area (Å²) in [7, 11) is 0. The topological polar surface area (TPSA) is 186 Å². The predicted molar refractivity (Wildman–Crippen MR) is 58.4 cm³/mol. The van der Waals surface area contributed by atoms with E-state index in [-0.39, 0.29) is 0 Å². The van der Waals surface area contributed by atoms with E-state index in [2.05, 4.69) is 18.9 Å². The van der Waals surface area contributed by atoms with Crippen molar-refractivity contribution in [2.75, 3.05) is 13.2 Å². The molecular formula is C9H12O12. The van der Waals surface area contributed by atoms with Crippen LogP contribution < -0.4 is 0 Å². The second kappa shape index (κ2) is 9.06. The molecule has 0 saturated carbocycles. The lowest BCUT2D eigenvalue weighted by atomic mass is 10.1. The van der Waals surface area contributed by atoms with E-state index in [1.165, 1.54) is 0 Å². The van der Waals surface area contributed by atoms with Gasteiger partial charge >= 0.3 is 24.6 Å². The van der Waals surface area contributed by atoms with Crippen LogP contribution in [0.25, 0.3) is 0 Å². The van der Waals surface area contributed by atoms with Crippen molar-refractivity contribution in [3.8, 4) is 0 Å². The van der Waals surface area contributed by atoms with E-state index < -0.39 is 56.5 Å². The van der Waals surface area contributed by atoms with E-state index >= 15 is 0 Å². The largest absolute Gasteiger partial charge is 0.506 e. The van der Waals surface area contributed by atoms with Crippen molar-refractivity contribution >= 4 is 24.6 Å². The van der Waals surface area contributed by atoms with Gasteiger partial charge in [0.2, 0.25) is 0 Å². The maximum absolute atomic E-state index is 10.4. The number of rotatable bonds is 8. The number of carboxylic acid groups (broad SMARTS) is 4. The van der Waals surface area contributed by atoms with Gasteiger partial charge < -0.3 is 39.4 Å². The van der Waals surface area contributed by atoms with E-state index in [0.717, 1.165) is 0 Å². The van der Waals surface area contributed by atoms with Gasteiger partial charge in [0.1, 0.15) is 25.4 Å². The quantitative estimate of drug-likeness (QED) is 0.366. The number of hydrogen-bond donors (Lipinski definition) is 4. The van der Waals surface area contributed by atoms with E-state index in [1.807, 2.05) is 0 Å². The second-order valence-electron chi connectivity index (χ2n) is 3.40. The van der Waals surface area contributed by atoms with Gasteiger partial charge in [-0.3, -0.25) is 0 Å². The molecule has 120 valence electrons. The predicted octanol–water partition coefficient (Wildman–Crippen LogP) is 0.892. The van der Waals surface area contributed by atoms with E-state index in [4.69, 9.17) is 20.4 Å². The third-order valence-electron chi connectivity index (χ3n) is 1.85. The van der Waals surface area contributed by atoms with Crippen molar-refractivity contribution in [3.63, 3.8) is 0 Å². The highest BCUT2D eigenvalue weighted by Crippen LogP contribution is 2.10. The van der Waals surface area contributed by atoms with Crippen LogP contribution in [0, 0.1) is 0 Å². The van der Waals surface area contributed by atoms with E-state index in [1.54, 1.807) is 0 Å². The Bertz CT molecular complexity index is 354. The molecule has 0 spiro atoms. The molecule has 4 N–H and O–H groups in total. The normalized spacial score (nSPS) is 12.6. The fraction of sp³-hybridized carbons (Fsp3) is 0.556. The Balaban J connectivity index is 4.65. The monoisotopic (exact) mass is 312 g/mol. The Morgan fingerprint density at radius 1 is 0.667 bits per heavy atom. The van der Waals surface area contributed by atoms with Crippen LogP contribution in [-0.4, -0.2) is 70.5 Å². The maximum atomic E-state index is 10.4. The first kappa shape index (κ1) is 18.1. The van der Waals surface area contributed by atoms with Crippen LogP contribution >= 0.6 is 0 Å². The zero-order chi connectivity index (χ0) is 16.4. The van der Waals surface area contributed by atoms with Crippen LogP contribution in [0.3, 0.4) is 0 Å². The van der Waals surface area contributed by atoms with Gasteiger partial charge in [-0.05, 0) is 0 Å². The number of hydrogen-bond acceptors (Lipinski definition) is 8. The van der Waals surface area contributed by atoms with E-state index in [0.29, 0.717) is 0 Å². The Hall–Kier alpha value is -2.92. The van der Waals surface area contributed by atoms with Gasteiger partial charge in [0, 0.05) is 6.42 Å². The summed E-state index contributed by atoms with van der Waals surface area (Å²) >= 11 is 0. The van der Waals surface area contributed by atoms with Crippen molar-refractivity contribution in [1.29, 1.82) is 0 Å². The molecule has 0 aromatic heterocycles. The molecule has 0 heterocycles. The smallest absolute Gasteiger partial charge is 0.450 e. The van der Waals surface area contributed by atoms with Crippen molar-refractivity contribution < 1.29 is 58.6 Å². The summed E-state index contributed by atoms with van der Waals surface area (Å²) in [5.41, 5.74) is 0. The molecule has 0 aromatic rings. The van der Waals surface area contributed by atoms with Gasteiger partial charge in [0.05, 0.1) is 0 Å². The zero-order valence-corrected chi connectivity index (χ0v) is 10.3. The molecule has 12 heteroatoms. The van der Waals surface area contributed by atoms with Crippen molar-refractivity contribution in [3.05, 3.63) is 0 Å². The van der Waals surface area contributed by atoms with E-state index in [9.17, 15) is 19.2 Å². The number of carbonyl (C=O) groups is 4. The molecule has 2 atom stereocenters. The summed E-state index contributed by atoms with van der Waals surface area (Å²) in [4.78, 5) is 41.3. The third-order valence-corrected chi connectivity index (χ3v) is 1.85. The standard InChI is InChI=1S/C9H12O12/c10-6(11)18-2-4(20-8(14)15)1-5(21-9(16)17)3-19-7(12)13/h4-5H,1-3H2,(H,10,11)(H,12,13)(H,14,15)(H,16,17). The summed E-state index contributed by atoms with van der Waals surface area (Å²) < 4.78 is 16.8. The fourth-order valence-corrected chi connectivity index (χ4v) is 1.21.